The molecule has 0 saturated heterocycles. The van der Waals surface area contributed by atoms with Crippen LogP contribution in [0.4, 0.5) is 8.78 Å². The Labute approximate surface area is 105 Å². The SMILES string of the molecule is CC(C)C(O)CNC(=O)Cc1c(F)cccc1F. The molecule has 0 spiro atoms. The number of rotatable bonds is 5. The molecule has 2 N–H and O–H groups in total. The number of aliphatic hydroxyl groups excluding tert-OH is 1. The van der Waals surface area contributed by atoms with Gasteiger partial charge in [-0.1, -0.05) is 19.9 Å². The molecule has 1 rings (SSSR count). The quantitative estimate of drug-likeness (QED) is 0.842. The molecule has 0 aromatic heterocycles. The number of carbonyl (C=O) groups excluding carboxylic acids is 1. The molecule has 0 saturated carbocycles. The van der Waals surface area contributed by atoms with E-state index in [2.05, 4.69) is 5.32 Å². The van der Waals surface area contributed by atoms with E-state index in [0.717, 1.165) is 12.1 Å². The second kappa shape index (κ2) is 6.44. The first-order valence-corrected chi connectivity index (χ1v) is 5.79. The van der Waals surface area contributed by atoms with Crippen molar-refractivity contribution in [1.82, 2.24) is 5.32 Å². The predicted octanol–water partition coefficient (Wildman–Crippen LogP) is 1.64. The highest BCUT2D eigenvalue weighted by Crippen LogP contribution is 2.12. The Hall–Kier alpha value is -1.49. The van der Waals surface area contributed by atoms with Crippen molar-refractivity contribution >= 4 is 5.91 Å². The van der Waals surface area contributed by atoms with Gasteiger partial charge in [0.25, 0.3) is 0 Å². The van der Waals surface area contributed by atoms with Crippen LogP contribution in [0.1, 0.15) is 19.4 Å². The summed E-state index contributed by atoms with van der Waals surface area (Å²) in [6.07, 6.45) is -1.04. The topological polar surface area (TPSA) is 49.3 Å². The molecule has 0 aliphatic carbocycles. The first-order chi connectivity index (χ1) is 8.41. The van der Waals surface area contributed by atoms with E-state index >= 15 is 0 Å². The van der Waals surface area contributed by atoms with Crippen LogP contribution in [0, 0.1) is 17.6 Å². The fourth-order valence-corrected chi connectivity index (χ4v) is 1.38. The van der Waals surface area contributed by atoms with Gasteiger partial charge in [-0.05, 0) is 18.1 Å². The van der Waals surface area contributed by atoms with Crippen LogP contribution in [0.5, 0.6) is 0 Å². The van der Waals surface area contributed by atoms with E-state index in [9.17, 15) is 18.7 Å². The van der Waals surface area contributed by atoms with E-state index in [4.69, 9.17) is 0 Å². The van der Waals surface area contributed by atoms with Crippen molar-refractivity contribution in [3.05, 3.63) is 35.4 Å². The van der Waals surface area contributed by atoms with E-state index in [-0.39, 0.29) is 24.4 Å². The third-order valence-electron chi connectivity index (χ3n) is 2.68. The van der Waals surface area contributed by atoms with Crippen LogP contribution in [-0.4, -0.2) is 23.7 Å². The lowest BCUT2D eigenvalue weighted by Crippen LogP contribution is -2.35. The zero-order valence-corrected chi connectivity index (χ0v) is 10.4. The van der Waals surface area contributed by atoms with Crippen LogP contribution in [0.3, 0.4) is 0 Å². The number of carbonyl (C=O) groups is 1. The zero-order chi connectivity index (χ0) is 13.7. The van der Waals surface area contributed by atoms with E-state index in [1.807, 2.05) is 13.8 Å². The highest BCUT2D eigenvalue weighted by molar-refractivity contribution is 5.78. The molecule has 0 aliphatic heterocycles. The fraction of sp³-hybridized carbons (Fsp3) is 0.462. The Morgan fingerprint density at radius 1 is 1.33 bits per heavy atom. The molecule has 0 heterocycles. The van der Waals surface area contributed by atoms with Gasteiger partial charge in [0.1, 0.15) is 11.6 Å². The third-order valence-corrected chi connectivity index (χ3v) is 2.68. The third kappa shape index (κ3) is 4.07. The number of hydrogen-bond donors (Lipinski definition) is 2. The van der Waals surface area contributed by atoms with Crippen molar-refractivity contribution in [1.29, 1.82) is 0 Å². The lowest BCUT2D eigenvalue weighted by atomic mass is 10.1. The smallest absolute Gasteiger partial charge is 0.224 e. The monoisotopic (exact) mass is 257 g/mol. The molecule has 5 heteroatoms. The number of halogens is 2. The van der Waals surface area contributed by atoms with Crippen LogP contribution < -0.4 is 5.32 Å². The predicted molar refractivity (Wildman–Crippen MR) is 63.9 cm³/mol. The molecule has 0 fully saturated rings. The van der Waals surface area contributed by atoms with Gasteiger partial charge < -0.3 is 10.4 Å². The normalized spacial score (nSPS) is 12.6. The van der Waals surface area contributed by atoms with E-state index in [0.29, 0.717) is 0 Å². The minimum atomic E-state index is -0.741. The molecular formula is C13H17F2NO2. The van der Waals surface area contributed by atoms with E-state index in [1.165, 1.54) is 6.07 Å². The van der Waals surface area contributed by atoms with Crippen LogP contribution in [0.2, 0.25) is 0 Å². The summed E-state index contributed by atoms with van der Waals surface area (Å²) in [5, 5.41) is 11.9. The molecule has 100 valence electrons. The highest BCUT2D eigenvalue weighted by Gasteiger charge is 2.15. The van der Waals surface area contributed by atoms with E-state index < -0.39 is 23.6 Å². The first-order valence-electron chi connectivity index (χ1n) is 5.79. The summed E-state index contributed by atoms with van der Waals surface area (Å²) in [4.78, 5) is 11.5. The summed E-state index contributed by atoms with van der Waals surface area (Å²) in [6.45, 7) is 3.70. The number of amides is 1. The maximum Gasteiger partial charge on any atom is 0.224 e. The lowest BCUT2D eigenvalue weighted by Gasteiger charge is -2.15. The van der Waals surface area contributed by atoms with Crippen molar-refractivity contribution in [2.45, 2.75) is 26.4 Å². The molecule has 1 amide bonds. The number of aliphatic hydroxyl groups is 1. The standard InChI is InChI=1S/C13H17F2NO2/c1-8(2)12(17)7-16-13(18)6-9-10(14)4-3-5-11(9)15/h3-5,8,12,17H,6-7H2,1-2H3,(H,16,18). The van der Waals surface area contributed by atoms with Gasteiger partial charge in [-0.2, -0.15) is 0 Å². The van der Waals surface area contributed by atoms with Crippen molar-refractivity contribution < 1.29 is 18.7 Å². The van der Waals surface area contributed by atoms with Crippen molar-refractivity contribution in [3.63, 3.8) is 0 Å². The minimum Gasteiger partial charge on any atom is -0.391 e. The van der Waals surface area contributed by atoms with Crippen LogP contribution >= 0.6 is 0 Å². The molecule has 1 unspecified atom stereocenters. The van der Waals surface area contributed by atoms with Gasteiger partial charge in [-0.15, -0.1) is 0 Å². The summed E-state index contributed by atoms with van der Waals surface area (Å²) in [6, 6.07) is 3.46. The molecule has 1 aromatic rings. The molecular weight excluding hydrogens is 240 g/mol. The van der Waals surface area contributed by atoms with Gasteiger partial charge in [0.05, 0.1) is 12.5 Å². The van der Waals surface area contributed by atoms with Gasteiger partial charge in [-0.25, -0.2) is 8.78 Å². The van der Waals surface area contributed by atoms with Gasteiger partial charge in [0, 0.05) is 12.1 Å². The Morgan fingerprint density at radius 3 is 2.39 bits per heavy atom. The van der Waals surface area contributed by atoms with Crippen molar-refractivity contribution in [2.24, 2.45) is 5.92 Å². The summed E-state index contributed by atoms with van der Waals surface area (Å²) in [5.41, 5.74) is -0.256. The summed E-state index contributed by atoms with van der Waals surface area (Å²) >= 11 is 0. The maximum atomic E-state index is 13.3. The second-order valence-electron chi connectivity index (χ2n) is 4.49. The van der Waals surface area contributed by atoms with Crippen molar-refractivity contribution in [2.75, 3.05) is 6.54 Å². The minimum absolute atomic E-state index is 0.00972. The van der Waals surface area contributed by atoms with E-state index in [1.54, 1.807) is 0 Å². The maximum absolute atomic E-state index is 13.3. The first kappa shape index (κ1) is 14.6. The Morgan fingerprint density at radius 2 is 1.89 bits per heavy atom. The number of benzene rings is 1. The fourth-order valence-electron chi connectivity index (χ4n) is 1.38. The Kier molecular flexibility index (Phi) is 5.22. The average molecular weight is 257 g/mol. The lowest BCUT2D eigenvalue weighted by molar-refractivity contribution is -0.121. The second-order valence-corrected chi connectivity index (χ2v) is 4.49. The molecule has 0 radical (unpaired) electrons. The number of nitrogens with one attached hydrogen (secondary N) is 1. The number of hydrogen-bond acceptors (Lipinski definition) is 2. The molecule has 3 nitrogen and oxygen atoms in total. The van der Waals surface area contributed by atoms with Gasteiger partial charge >= 0.3 is 0 Å². The molecule has 1 atom stereocenters. The van der Waals surface area contributed by atoms with Gasteiger partial charge in [0.15, 0.2) is 0 Å². The molecule has 1 aromatic carbocycles. The average Bonchev–Trinajstić information content (AvgIpc) is 2.30. The van der Waals surface area contributed by atoms with Crippen LogP contribution in [0.15, 0.2) is 18.2 Å². The highest BCUT2D eigenvalue weighted by atomic mass is 19.1. The van der Waals surface area contributed by atoms with Crippen LogP contribution in [0.25, 0.3) is 0 Å². The zero-order valence-electron chi connectivity index (χ0n) is 10.4. The summed E-state index contributed by atoms with van der Waals surface area (Å²) < 4.78 is 26.5. The summed E-state index contributed by atoms with van der Waals surface area (Å²) in [5.74, 6) is -1.99. The molecule has 0 bridgehead atoms. The Balaban J connectivity index is 2.55. The van der Waals surface area contributed by atoms with Crippen molar-refractivity contribution in [3.8, 4) is 0 Å². The molecule has 18 heavy (non-hydrogen) atoms. The van der Waals surface area contributed by atoms with Crippen LogP contribution in [-0.2, 0) is 11.2 Å². The summed E-state index contributed by atoms with van der Waals surface area (Å²) in [7, 11) is 0. The Bertz CT molecular complexity index is 401. The molecule has 0 aliphatic rings. The largest absolute Gasteiger partial charge is 0.391 e. The van der Waals surface area contributed by atoms with Gasteiger partial charge in [-0.3, -0.25) is 4.79 Å². The van der Waals surface area contributed by atoms with Gasteiger partial charge in [0.2, 0.25) is 5.91 Å².